The summed E-state index contributed by atoms with van der Waals surface area (Å²) in [5.41, 5.74) is -0.218. The highest BCUT2D eigenvalue weighted by molar-refractivity contribution is 5.92. The molecule has 2 N–H and O–H groups in total. The first kappa shape index (κ1) is 19.7. The van der Waals surface area contributed by atoms with E-state index in [-0.39, 0.29) is 24.4 Å². The second-order valence-corrected chi connectivity index (χ2v) is 7.20. The highest BCUT2D eigenvalue weighted by atomic mass is 16.6. The van der Waals surface area contributed by atoms with E-state index in [4.69, 9.17) is 4.74 Å². The smallest absolute Gasteiger partial charge is 0.408 e. The maximum absolute atomic E-state index is 12.2. The second kappa shape index (κ2) is 8.64. The highest BCUT2D eigenvalue weighted by Crippen LogP contribution is 2.11. The van der Waals surface area contributed by atoms with Crippen LogP contribution >= 0.6 is 0 Å². The summed E-state index contributed by atoms with van der Waals surface area (Å²) in [6, 6.07) is 5.19. The normalized spacial score (nSPS) is 15.3. The van der Waals surface area contributed by atoms with Crippen molar-refractivity contribution in [1.29, 1.82) is 0 Å². The third-order valence-electron chi connectivity index (χ3n) is 3.86. The standard InChI is InChI=1S/C18H26N4O4/c1-18(2,3)26-17(25)20-12-15(23)22-10-7-13(8-11-22)21-16(24)14-6-4-5-9-19-14/h4-6,9,13H,7-8,10-12H2,1-3H3,(H,20,25)(H,21,24). The number of carbonyl (C=O) groups excluding carboxylic acids is 3. The molecule has 1 aliphatic rings. The Morgan fingerprint density at radius 1 is 1.23 bits per heavy atom. The molecule has 26 heavy (non-hydrogen) atoms. The van der Waals surface area contributed by atoms with Gasteiger partial charge in [-0.1, -0.05) is 6.07 Å². The molecule has 0 unspecified atom stereocenters. The van der Waals surface area contributed by atoms with Crippen LogP contribution in [-0.2, 0) is 9.53 Å². The van der Waals surface area contributed by atoms with Gasteiger partial charge in [0.15, 0.2) is 0 Å². The van der Waals surface area contributed by atoms with Crippen LogP contribution in [0, 0.1) is 0 Å². The number of pyridine rings is 1. The van der Waals surface area contributed by atoms with Crippen molar-refractivity contribution in [2.75, 3.05) is 19.6 Å². The van der Waals surface area contributed by atoms with Crippen molar-refractivity contribution < 1.29 is 19.1 Å². The van der Waals surface area contributed by atoms with Gasteiger partial charge in [-0.05, 0) is 45.7 Å². The van der Waals surface area contributed by atoms with Crippen molar-refractivity contribution in [3.63, 3.8) is 0 Å². The lowest BCUT2D eigenvalue weighted by Gasteiger charge is -2.32. The molecule has 0 aliphatic carbocycles. The lowest BCUT2D eigenvalue weighted by atomic mass is 10.0. The fourth-order valence-electron chi connectivity index (χ4n) is 2.60. The third-order valence-corrected chi connectivity index (χ3v) is 3.86. The first-order valence-corrected chi connectivity index (χ1v) is 8.71. The number of piperidine rings is 1. The number of nitrogens with zero attached hydrogens (tertiary/aromatic N) is 2. The van der Waals surface area contributed by atoms with Crippen LogP contribution in [0.2, 0.25) is 0 Å². The maximum atomic E-state index is 12.2. The van der Waals surface area contributed by atoms with Gasteiger partial charge in [0.05, 0.1) is 0 Å². The number of hydrogen-bond donors (Lipinski definition) is 2. The number of alkyl carbamates (subject to hydrolysis) is 1. The van der Waals surface area contributed by atoms with Gasteiger partial charge in [0.25, 0.3) is 5.91 Å². The Hall–Kier alpha value is -2.64. The number of carbonyl (C=O) groups is 3. The van der Waals surface area contributed by atoms with Gasteiger partial charge in [-0.15, -0.1) is 0 Å². The third kappa shape index (κ3) is 6.34. The van der Waals surface area contributed by atoms with Gasteiger partial charge in [-0.25, -0.2) is 4.79 Å². The van der Waals surface area contributed by atoms with Gasteiger partial charge >= 0.3 is 6.09 Å². The van der Waals surface area contributed by atoms with E-state index in [1.807, 2.05) is 0 Å². The minimum Gasteiger partial charge on any atom is -0.444 e. The van der Waals surface area contributed by atoms with E-state index >= 15 is 0 Å². The number of hydrogen-bond acceptors (Lipinski definition) is 5. The molecule has 1 aromatic rings. The highest BCUT2D eigenvalue weighted by Gasteiger charge is 2.25. The number of aromatic nitrogens is 1. The molecule has 2 rings (SSSR count). The number of rotatable bonds is 4. The summed E-state index contributed by atoms with van der Waals surface area (Å²) in [4.78, 5) is 41.6. The molecular formula is C18H26N4O4. The van der Waals surface area contributed by atoms with Crippen molar-refractivity contribution in [2.24, 2.45) is 0 Å². The van der Waals surface area contributed by atoms with Gasteiger partial charge in [-0.3, -0.25) is 14.6 Å². The van der Waals surface area contributed by atoms with Gasteiger partial charge in [-0.2, -0.15) is 0 Å². The second-order valence-electron chi connectivity index (χ2n) is 7.20. The summed E-state index contributed by atoms with van der Waals surface area (Å²) >= 11 is 0. The van der Waals surface area contributed by atoms with Gasteiger partial charge in [0.1, 0.15) is 17.8 Å². The Bertz CT molecular complexity index is 634. The van der Waals surface area contributed by atoms with Crippen LogP contribution in [0.15, 0.2) is 24.4 Å². The van der Waals surface area contributed by atoms with Crippen LogP contribution in [-0.4, -0.2) is 59.1 Å². The number of nitrogens with one attached hydrogen (secondary N) is 2. The zero-order valence-electron chi connectivity index (χ0n) is 15.4. The van der Waals surface area contributed by atoms with Crippen LogP contribution in [0.4, 0.5) is 4.79 Å². The summed E-state index contributed by atoms with van der Waals surface area (Å²) < 4.78 is 5.10. The molecule has 0 atom stereocenters. The van der Waals surface area contributed by atoms with Crippen LogP contribution < -0.4 is 10.6 Å². The molecule has 2 heterocycles. The summed E-state index contributed by atoms with van der Waals surface area (Å²) in [5.74, 6) is -0.368. The summed E-state index contributed by atoms with van der Waals surface area (Å²) in [5, 5.41) is 5.41. The van der Waals surface area contributed by atoms with E-state index < -0.39 is 11.7 Å². The Morgan fingerprint density at radius 3 is 2.50 bits per heavy atom. The van der Waals surface area contributed by atoms with Crippen molar-refractivity contribution in [1.82, 2.24) is 20.5 Å². The Balaban J connectivity index is 1.71. The summed E-state index contributed by atoms with van der Waals surface area (Å²) in [7, 11) is 0. The Kier molecular flexibility index (Phi) is 6.54. The molecule has 8 heteroatoms. The molecule has 1 aliphatic heterocycles. The lowest BCUT2D eigenvalue weighted by molar-refractivity contribution is -0.131. The molecular weight excluding hydrogens is 336 g/mol. The Labute approximate surface area is 153 Å². The predicted octanol–water partition coefficient (Wildman–Crippen LogP) is 1.33. The molecule has 142 valence electrons. The monoisotopic (exact) mass is 362 g/mol. The van der Waals surface area contributed by atoms with E-state index in [1.54, 1.807) is 50.1 Å². The van der Waals surface area contributed by atoms with E-state index in [0.29, 0.717) is 31.6 Å². The molecule has 0 saturated carbocycles. The minimum absolute atomic E-state index is 0.00683. The Morgan fingerprint density at radius 2 is 1.92 bits per heavy atom. The van der Waals surface area contributed by atoms with Crippen molar-refractivity contribution in [3.8, 4) is 0 Å². The largest absolute Gasteiger partial charge is 0.444 e. The number of likely N-dealkylation sites (tertiary alicyclic amines) is 1. The van der Waals surface area contributed by atoms with E-state index in [9.17, 15) is 14.4 Å². The predicted molar refractivity (Wildman–Crippen MR) is 95.5 cm³/mol. The molecule has 1 saturated heterocycles. The maximum Gasteiger partial charge on any atom is 0.408 e. The first-order chi connectivity index (χ1) is 12.2. The summed E-state index contributed by atoms with van der Waals surface area (Å²) in [6.45, 7) is 6.25. The molecule has 8 nitrogen and oxygen atoms in total. The van der Waals surface area contributed by atoms with E-state index in [2.05, 4.69) is 15.6 Å². The zero-order chi connectivity index (χ0) is 19.2. The topological polar surface area (TPSA) is 101 Å². The number of ether oxygens (including phenoxy) is 1. The van der Waals surface area contributed by atoms with Crippen LogP contribution in [0.3, 0.4) is 0 Å². The van der Waals surface area contributed by atoms with E-state index in [0.717, 1.165) is 0 Å². The average molecular weight is 362 g/mol. The van der Waals surface area contributed by atoms with Crippen LogP contribution in [0.5, 0.6) is 0 Å². The van der Waals surface area contributed by atoms with Gasteiger partial charge < -0.3 is 20.3 Å². The fraction of sp³-hybridized carbons (Fsp3) is 0.556. The molecule has 1 fully saturated rings. The van der Waals surface area contributed by atoms with Crippen molar-refractivity contribution >= 4 is 17.9 Å². The van der Waals surface area contributed by atoms with Crippen LogP contribution in [0.1, 0.15) is 44.1 Å². The molecule has 1 aromatic heterocycles. The molecule has 0 bridgehead atoms. The van der Waals surface area contributed by atoms with E-state index in [1.165, 1.54) is 0 Å². The fourth-order valence-corrected chi connectivity index (χ4v) is 2.60. The van der Waals surface area contributed by atoms with Gasteiger partial charge in [0, 0.05) is 25.3 Å². The van der Waals surface area contributed by atoms with Crippen LogP contribution in [0.25, 0.3) is 0 Å². The first-order valence-electron chi connectivity index (χ1n) is 8.71. The summed E-state index contributed by atoms with van der Waals surface area (Å²) in [6.07, 6.45) is 2.30. The molecule has 3 amide bonds. The SMILES string of the molecule is CC(C)(C)OC(=O)NCC(=O)N1CCC(NC(=O)c2ccccn2)CC1. The molecule has 0 aromatic carbocycles. The number of amides is 3. The molecule has 0 spiro atoms. The zero-order valence-corrected chi connectivity index (χ0v) is 15.4. The van der Waals surface area contributed by atoms with Crippen molar-refractivity contribution in [3.05, 3.63) is 30.1 Å². The van der Waals surface area contributed by atoms with Crippen molar-refractivity contribution in [2.45, 2.75) is 45.3 Å². The molecule has 0 radical (unpaired) electrons. The minimum atomic E-state index is -0.608. The van der Waals surface area contributed by atoms with Gasteiger partial charge in [0.2, 0.25) is 5.91 Å². The average Bonchev–Trinajstić information content (AvgIpc) is 2.59. The lowest BCUT2D eigenvalue weighted by Crippen LogP contribution is -2.49. The quantitative estimate of drug-likeness (QED) is 0.841.